The van der Waals surface area contributed by atoms with E-state index >= 15 is 0 Å². The van der Waals surface area contributed by atoms with Crippen molar-refractivity contribution in [3.8, 4) is 0 Å². The highest BCUT2D eigenvalue weighted by Crippen LogP contribution is 2.56. The van der Waals surface area contributed by atoms with Gasteiger partial charge in [-0.2, -0.15) is 0 Å². The molecule has 1 aromatic carbocycles. The zero-order valence-corrected chi connectivity index (χ0v) is 9.45. The average molecular weight is 226 g/mol. The van der Waals surface area contributed by atoms with Crippen LogP contribution in [0.5, 0.6) is 0 Å². The largest absolute Gasteiger partial charge is 0.387 e. The third-order valence-electron chi connectivity index (χ3n) is 3.56. The lowest BCUT2D eigenvalue weighted by Crippen LogP contribution is -2.18. The first-order valence-corrected chi connectivity index (χ1v) is 5.81. The number of benzene rings is 1. The van der Waals surface area contributed by atoms with E-state index in [-0.39, 0.29) is 5.41 Å². The molecule has 86 valence electrons. The van der Waals surface area contributed by atoms with Crippen molar-refractivity contribution in [2.45, 2.75) is 24.4 Å². The summed E-state index contributed by atoms with van der Waals surface area (Å²) in [6.45, 7) is 0. The predicted molar refractivity (Wildman–Crippen MR) is 64.3 cm³/mol. The quantitative estimate of drug-likeness (QED) is 0.873. The van der Waals surface area contributed by atoms with Crippen LogP contribution in [0.15, 0.2) is 49.1 Å². The Morgan fingerprint density at radius 1 is 1.06 bits per heavy atom. The van der Waals surface area contributed by atoms with Gasteiger partial charge in [0.2, 0.25) is 0 Å². The van der Waals surface area contributed by atoms with Crippen molar-refractivity contribution in [3.63, 3.8) is 0 Å². The molecule has 3 rings (SSSR count). The molecule has 1 saturated carbocycles. The topological polar surface area (TPSA) is 46.0 Å². The van der Waals surface area contributed by atoms with Crippen LogP contribution in [-0.2, 0) is 5.41 Å². The minimum Gasteiger partial charge on any atom is -0.387 e. The summed E-state index contributed by atoms with van der Waals surface area (Å²) in [4.78, 5) is 7.94. The van der Waals surface area contributed by atoms with E-state index in [4.69, 9.17) is 0 Å². The zero-order valence-electron chi connectivity index (χ0n) is 9.45. The summed E-state index contributed by atoms with van der Waals surface area (Å²) in [6, 6.07) is 10.2. The summed E-state index contributed by atoms with van der Waals surface area (Å²) in [5.74, 6) is 0. The Balaban J connectivity index is 1.95. The molecule has 1 aliphatic rings. The molecule has 0 aliphatic heterocycles. The molecule has 0 saturated heterocycles. The molecule has 1 aliphatic carbocycles. The van der Waals surface area contributed by atoms with Crippen LogP contribution in [0.2, 0.25) is 0 Å². The van der Waals surface area contributed by atoms with Crippen molar-refractivity contribution in [1.29, 1.82) is 0 Å². The molecule has 3 heteroatoms. The van der Waals surface area contributed by atoms with Crippen molar-refractivity contribution >= 4 is 0 Å². The number of hydrogen-bond donors (Lipinski definition) is 1. The Morgan fingerprint density at radius 2 is 1.71 bits per heavy atom. The van der Waals surface area contributed by atoms with Crippen LogP contribution in [0.3, 0.4) is 0 Å². The number of nitrogens with zero attached hydrogens (tertiary/aromatic N) is 2. The first-order valence-electron chi connectivity index (χ1n) is 5.81. The van der Waals surface area contributed by atoms with Crippen LogP contribution in [-0.4, -0.2) is 15.1 Å². The lowest BCUT2D eigenvalue weighted by molar-refractivity contribution is 0.132. The monoisotopic (exact) mass is 226 g/mol. The maximum atomic E-state index is 10.5. The number of aliphatic hydroxyl groups is 1. The molecule has 1 unspecified atom stereocenters. The van der Waals surface area contributed by atoms with Crippen molar-refractivity contribution in [2.24, 2.45) is 0 Å². The first-order chi connectivity index (χ1) is 8.33. The highest BCUT2D eigenvalue weighted by molar-refractivity contribution is 5.35. The minimum atomic E-state index is -0.508. The molecule has 1 heterocycles. The second-order valence-electron chi connectivity index (χ2n) is 4.60. The standard InChI is InChI=1S/C14H14N2O/c17-13(11-8-15-10-16-9-11)14(6-7-14)12-4-2-1-3-5-12/h1-5,8-10,13,17H,6-7H2. The summed E-state index contributed by atoms with van der Waals surface area (Å²) in [7, 11) is 0. The van der Waals surface area contributed by atoms with Gasteiger partial charge in [-0.3, -0.25) is 0 Å². The summed E-state index contributed by atoms with van der Waals surface area (Å²) in [5, 5.41) is 10.5. The lowest BCUT2D eigenvalue weighted by Gasteiger charge is -2.22. The van der Waals surface area contributed by atoms with Crippen molar-refractivity contribution < 1.29 is 5.11 Å². The van der Waals surface area contributed by atoms with Crippen molar-refractivity contribution in [2.75, 3.05) is 0 Å². The third kappa shape index (κ3) is 1.72. The molecule has 17 heavy (non-hydrogen) atoms. The zero-order chi connectivity index (χ0) is 11.7. The van der Waals surface area contributed by atoms with E-state index < -0.39 is 6.10 Å². The summed E-state index contributed by atoms with van der Waals surface area (Å²) < 4.78 is 0. The number of hydrogen-bond acceptors (Lipinski definition) is 3. The third-order valence-corrected chi connectivity index (χ3v) is 3.56. The first kappa shape index (κ1) is 10.4. The average Bonchev–Trinajstić information content (AvgIpc) is 3.21. The van der Waals surface area contributed by atoms with E-state index in [1.54, 1.807) is 12.4 Å². The number of aliphatic hydroxyl groups excluding tert-OH is 1. The van der Waals surface area contributed by atoms with Crippen molar-refractivity contribution in [3.05, 3.63) is 60.2 Å². The van der Waals surface area contributed by atoms with Gasteiger partial charge < -0.3 is 5.11 Å². The van der Waals surface area contributed by atoms with Gasteiger partial charge in [0.05, 0.1) is 6.10 Å². The molecule has 1 fully saturated rings. The van der Waals surface area contributed by atoms with Crippen LogP contribution in [0.25, 0.3) is 0 Å². The van der Waals surface area contributed by atoms with Crippen LogP contribution in [0.4, 0.5) is 0 Å². The van der Waals surface area contributed by atoms with E-state index in [0.29, 0.717) is 0 Å². The fraction of sp³-hybridized carbons (Fsp3) is 0.286. The SMILES string of the molecule is OC(c1cncnc1)C1(c2ccccc2)CC1. The van der Waals surface area contributed by atoms with Gasteiger partial charge in [0.1, 0.15) is 6.33 Å². The highest BCUT2D eigenvalue weighted by Gasteiger charge is 2.50. The normalized spacial score (nSPS) is 18.6. The van der Waals surface area contributed by atoms with E-state index in [2.05, 4.69) is 22.1 Å². The van der Waals surface area contributed by atoms with Gasteiger partial charge in [-0.1, -0.05) is 30.3 Å². The Hall–Kier alpha value is -1.74. The van der Waals surface area contributed by atoms with Crippen LogP contribution in [0.1, 0.15) is 30.1 Å². The molecule has 0 spiro atoms. The molecule has 2 aromatic rings. The summed E-state index contributed by atoms with van der Waals surface area (Å²) in [6.07, 6.45) is 6.41. The summed E-state index contributed by atoms with van der Waals surface area (Å²) >= 11 is 0. The van der Waals surface area contributed by atoms with Gasteiger partial charge >= 0.3 is 0 Å². The van der Waals surface area contributed by atoms with Gasteiger partial charge in [0.15, 0.2) is 0 Å². The van der Waals surface area contributed by atoms with Gasteiger partial charge in [-0.15, -0.1) is 0 Å². The van der Waals surface area contributed by atoms with Gasteiger partial charge in [-0.05, 0) is 18.4 Å². The molecular formula is C14H14N2O. The fourth-order valence-electron chi connectivity index (χ4n) is 2.40. The van der Waals surface area contributed by atoms with Crippen molar-refractivity contribution in [1.82, 2.24) is 9.97 Å². The molecule has 3 nitrogen and oxygen atoms in total. The van der Waals surface area contributed by atoms with Gasteiger partial charge in [-0.25, -0.2) is 9.97 Å². The molecule has 1 atom stereocenters. The lowest BCUT2D eigenvalue weighted by atomic mass is 9.87. The summed E-state index contributed by atoms with van der Waals surface area (Å²) in [5.41, 5.74) is 1.89. The Morgan fingerprint density at radius 3 is 2.29 bits per heavy atom. The maximum Gasteiger partial charge on any atom is 0.115 e. The van der Waals surface area contributed by atoms with E-state index in [1.807, 2.05) is 18.2 Å². The van der Waals surface area contributed by atoms with Gasteiger partial charge in [0, 0.05) is 23.4 Å². The number of aromatic nitrogens is 2. The highest BCUT2D eigenvalue weighted by atomic mass is 16.3. The maximum absolute atomic E-state index is 10.5. The predicted octanol–water partition coefficient (Wildman–Crippen LogP) is 2.24. The molecule has 1 aromatic heterocycles. The minimum absolute atomic E-state index is 0.119. The van der Waals surface area contributed by atoms with Crippen LogP contribution >= 0.6 is 0 Å². The van der Waals surface area contributed by atoms with E-state index in [1.165, 1.54) is 11.9 Å². The molecular weight excluding hydrogens is 212 g/mol. The van der Waals surface area contributed by atoms with Gasteiger partial charge in [0.25, 0.3) is 0 Å². The second-order valence-corrected chi connectivity index (χ2v) is 4.60. The Labute approximate surface area is 100 Å². The Kier molecular flexibility index (Phi) is 2.41. The fourth-order valence-corrected chi connectivity index (χ4v) is 2.40. The smallest absolute Gasteiger partial charge is 0.115 e. The molecule has 0 bridgehead atoms. The number of rotatable bonds is 3. The van der Waals surface area contributed by atoms with Crippen LogP contribution < -0.4 is 0 Å². The van der Waals surface area contributed by atoms with E-state index in [0.717, 1.165) is 18.4 Å². The molecule has 1 N–H and O–H groups in total. The van der Waals surface area contributed by atoms with Crippen LogP contribution in [0, 0.1) is 0 Å². The molecule has 0 radical (unpaired) electrons. The van der Waals surface area contributed by atoms with E-state index in [9.17, 15) is 5.11 Å². The second kappa shape index (κ2) is 3.93. The Bertz CT molecular complexity index is 494. The molecule has 0 amide bonds.